The fourth-order valence-electron chi connectivity index (χ4n) is 3.07. The Balaban J connectivity index is 1.21. The van der Waals surface area contributed by atoms with Crippen LogP contribution in [-0.4, -0.2) is 44.7 Å². The summed E-state index contributed by atoms with van der Waals surface area (Å²) < 4.78 is 21.8. The molecule has 2 aliphatic heterocycles. The molecule has 0 aromatic heterocycles. The van der Waals surface area contributed by atoms with Crippen LogP contribution in [0.3, 0.4) is 0 Å². The highest BCUT2D eigenvalue weighted by molar-refractivity contribution is 5.64. The fourth-order valence-corrected chi connectivity index (χ4v) is 3.07. The third kappa shape index (κ3) is 6.06. The van der Waals surface area contributed by atoms with Crippen molar-refractivity contribution in [3.8, 4) is 16.9 Å². The van der Waals surface area contributed by atoms with E-state index in [1.807, 2.05) is 12.1 Å². The zero-order valence-corrected chi connectivity index (χ0v) is 15.9. The summed E-state index contributed by atoms with van der Waals surface area (Å²) in [6.07, 6.45) is 4.27. The summed E-state index contributed by atoms with van der Waals surface area (Å²) in [7, 11) is 0. The molecule has 4 heteroatoms. The molecule has 4 nitrogen and oxygen atoms in total. The predicted molar refractivity (Wildman–Crippen MR) is 105 cm³/mol. The van der Waals surface area contributed by atoms with Gasteiger partial charge in [0.15, 0.2) is 0 Å². The van der Waals surface area contributed by atoms with Crippen LogP contribution in [0, 0.1) is 0 Å². The van der Waals surface area contributed by atoms with Gasteiger partial charge in [-0.15, -0.1) is 0 Å². The Morgan fingerprint density at radius 1 is 0.889 bits per heavy atom. The predicted octanol–water partition coefficient (Wildman–Crippen LogP) is 4.26. The smallest absolute Gasteiger partial charge is 0.119 e. The third-order valence-corrected chi connectivity index (χ3v) is 5.02. The molecule has 0 spiro atoms. The average molecular weight is 368 g/mol. The molecule has 0 amide bonds. The van der Waals surface area contributed by atoms with Gasteiger partial charge in [-0.2, -0.15) is 0 Å². The maximum Gasteiger partial charge on any atom is 0.119 e. The minimum absolute atomic E-state index is 0.291. The molecule has 2 aliphatic rings. The van der Waals surface area contributed by atoms with E-state index in [-0.39, 0.29) is 0 Å². The molecule has 0 bridgehead atoms. The van der Waals surface area contributed by atoms with Crippen molar-refractivity contribution in [2.24, 2.45) is 0 Å². The summed E-state index contributed by atoms with van der Waals surface area (Å²) in [4.78, 5) is 0. The summed E-state index contributed by atoms with van der Waals surface area (Å²) in [5.74, 6) is 0.899. The van der Waals surface area contributed by atoms with Gasteiger partial charge >= 0.3 is 0 Å². The van der Waals surface area contributed by atoms with Gasteiger partial charge in [0.1, 0.15) is 24.6 Å². The van der Waals surface area contributed by atoms with E-state index in [2.05, 4.69) is 43.3 Å². The largest absolute Gasteiger partial charge is 0.491 e. The van der Waals surface area contributed by atoms with Crippen LogP contribution in [0.1, 0.15) is 25.3 Å². The quantitative estimate of drug-likeness (QED) is 0.556. The minimum atomic E-state index is 0.291. The first kappa shape index (κ1) is 18.5. The number of epoxide rings is 2. The number of hydrogen-bond acceptors (Lipinski definition) is 4. The zero-order chi connectivity index (χ0) is 18.5. The molecule has 144 valence electrons. The molecule has 2 heterocycles. The average Bonchev–Trinajstić information content (AvgIpc) is 3.61. The molecular formula is C23H28O4. The number of rotatable bonds is 11. The van der Waals surface area contributed by atoms with Crippen LogP contribution in [0.4, 0.5) is 0 Å². The van der Waals surface area contributed by atoms with E-state index in [9.17, 15) is 0 Å². The van der Waals surface area contributed by atoms with Crippen molar-refractivity contribution >= 4 is 0 Å². The molecule has 2 aromatic carbocycles. The van der Waals surface area contributed by atoms with Crippen LogP contribution in [0.25, 0.3) is 11.1 Å². The Morgan fingerprint density at radius 3 is 2.11 bits per heavy atom. The van der Waals surface area contributed by atoms with Crippen LogP contribution in [0.15, 0.2) is 48.5 Å². The maximum atomic E-state index is 5.78. The molecule has 2 saturated heterocycles. The van der Waals surface area contributed by atoms with Gasteiger partial charge in [-0.05, 0) is 55.0 Å². The second-order valence-electron chi connectivity index (χ2n) is 7.48. The van der Waals surface area contributed by atoms with E-state index in [0.717, 1.165) is 44.8 Å². The summed E-state index contributed by atoms with van der Waals surface area (Å²) in [5.41, 5.74) is 3.82. The molecule has 27 heavy (non-hydrogen) atoms. The molecule has 0 saturated carbocycles. The first-order chi connectivity index (χ1) is 13.3. The summed E-state index contributed by atoms with van der Waals surface area (Å²) in [6, 6.07) is 17.1. The lowest BCUT2D eigenvalue weighted by Gasteiger charge is -2.12. The van der Waals surface area contributed by atoms with Gasteiger partial charge in [-0.3, -0.25) is 0 Å². The Morgan fingerprint density at radius 2 is 1.48 bits per heavy atom. The normalized spacial score (nSPS) is 21.7. The molecule has 0 aliphatic carbocycles. The van der Waals surface area contributed by atoms with Crippen molar-refractivity contribution in [3.63, 3.8) is 0 Å². The lowest BCUT2D eigenvalue weighted by atomic mass is 10.0. The summed E-state index contributed by atoms with van der Waals surface area (Å²) >= 11 is 0. The molecule has 0 radical (unpaired) electrons. The van der Waals surface area contributed by atoms with E-state index in [1.165, 1.54) is 16.7 Å². The van der Waals surface area contributed by atoms with Gasteiger partial charge in [0.05, 0.1) is 25.9 Å². The van der Waals surface area contributed by atoms with Gasteiger partial charge in [0, 0.05) is 0 Å². The first-order valence-electron chi connectivity index (χ1n) is 9.93. The maximum absolute atomic E-state index is 5.78. The molecule has 0 N–H and O–H groups in total. The number of ether oxygens (including phenoxy) is 4. The highest BCUT2D eigenvalue weighted by Gasteiger charge is 2.23. The van der Waals surface area contributed by atoms with Crippen molar-refractivity contribution in [2.45, 2.75) is 44.5 Å². The number of hydrogen-bond donors (Lipinski definition) is 0. The minimum Gasteiger partial charge on any atom is -0.491 e. The van der Waals surface area contributed by atoms with Crippen LogP contribution < -0.4 is 4.74 Å². The fraction of sp³-hybridized carbons (Fsp3) is 0.478. The van der Waals surface area contributed by atoms with E-state index >= 15 is 0 Å². The van der Waals surface area contributed by atoms with Crippen molar-refractivity contribution in [1.29, 1.82) is 0 Å². The van der Waals surface area contributed by atoms with Crippen molar-refractivity contribution in [1.82, 2.24) is 0 Å². The van der Waals surface area contributed by atoms with Gasteiger partial charge in [0.2, 0.25) is 0 Å². The molecule has 4 rings (SSSR count). The van der Waals surface area contributed by atoms with Crippen LogP contribution >= 0.6 is 0 Å². The highest BCUT2D eigenvalue weighted by atomic mass is 16.6. The van der Waals surface area contributed by atoms with Crippen molar-refractivity contribution in [2.75, 3.05) is 26.4 Å². The monoisotopic (exact) mass is 368 g/mol. The molecule has 2 fully saturated rings. The molecule has 2 aromatic rings. The van der Waals surface area contributed by atoms with E-state index in [1.54, 1.807) is 0 Å². The van der Waals surface area contributed by atoms with Gasteiger partial charge in [0.25, 0.3) is 0 Å². The van der Waals surface area contributed by atoms with Crippen LogP contribution in [0.5, 0.6) is 5.75 Å². The second kappa shape index (κ2) is 8.87. The second-order valence-corrected chi connectivity index (χ2v) is 7.48. The van der Waals surface area contributed by atoms with Gasteiger partial charge in [-0.1, -0.05) is 36.4 Å². The summed E-state index contributed by atoms with van der Waals surface area (Å²) in [5, 5.41) is 0. The lowest BCUT2D eigenvalue weighted by Crippen LogP contribution is -2.12. The number of aryl methyl sites for hydroxylation is 1. The topological polar surface area (TPSA) is 43.5 Å². The lowest BCUT2D eigenvalue weighted by molar-refractivity contribution is 0.0481. The Labute approximate surface area is 161 Å². The molecule has 3 atom stereocenters. The van der Waals surface area contributed by atoms with Crippen molar-refractivity contribution in [3.05, 3.63) is 54.1 Å². The third-order valence-electron chi connectivity index (χ3n) is 5.02. The Bertz CT molecular complexity index is 702. The van der Waals surface area contributed by atoms with Crippen molar-refractivity contribution < 1.29 is 18.9 Å². The Kier molecular flexibility index (Phi) is 6.07. The molecule has 3 unspecified atom stereocenters. The Hall–Kier alpha value is -1.88. The number of benzene rings is 2. The van der Waals surface area contributed by atoms with E-state index < -0.39 is 0 Å². The van der Waals surface area contributed by atoms with Crippen LogP contribution in [-0.2, 0) is 20.6 Å². The molecular weight excluding hydrogens is 340 g/mol. The zero-order valence-electron chi connectivity index (χ0n) is 15.9. The van der Waals surface area contributed by atoms with Crippen LogP contribution in [0.2, 0.25) is 0 Å². The standard InChI is InChI=1S/C23H28O4/c1-17(24-13-22-15-26-22)3-2-4-18-5-7-19(8-6-18)20-9-11-21(12-10-20)25-14-23-16-27-23/h5-12,17,22-23H,2-4,13-16H2,1H3. The van der Waals surface area contributed by atoms with Gasteiger partial charge < -0.3 is 18.9 Å². The summed E-state index contributed by atoms with van der Waals surface area (Å²) in [6.45, 7) is 5.23. The highest BCUT2D eigenvalue weighted by Crippen LogP contribution is 2.24. The van der Waals surface area contributed by atoms with Gasteiger partial charge in [-0.25, -0.2) is 0 Å². The van der Waals surface area contributed by atoms with E-state index in [0.29, 0.717) is 24.9 Å². The first-order valence-corrected chi connectivity index (χ1v) is 9.93. The SMILES string of the molecule is CC(CCCc1ccc(-c2ccc(OCC3CO3)cc2)cc1)OCC1CO1. The van der Waals surface area contributed by atoms with E-state index in [4.69, 9.17) is 18.9 Å².